The zero-order valence-corrected chi connectivity index (χ0v) is 7.27. The summed E-state index contributed by atoms with van der Waals surface area (Å²) in [5.41, 5.74) is 8.12. The molecule has 0 saturated carbocycles. The van der Waals surface area contributed by atoms with Crippen molar-refractivity contribution in [3.63, 3.8) is 0 Å². The van der Waals surface area contributed by atoms with Crippen molar-refractivity contribution >= 4 is 11.7 Å². The Hall–Kier alpha value is -2.07. The number of azide groups is 1. The van der Waals surface area contributed by atoms with Crippen LogP contribution in [0.2, 0.25) is 0 Å². The summed E-state index contributed by atoms with van der Waals surface area (Å²) in [5.74, 6) is -1.26. The summed E-state index contributed by atoms with van der Waals surface area (Å²) in [7, 11) is 1.19. The number of rotatable bonds is 2. The molecule has 14 heavy (non-hydrogen) atoms. The van der Waals surface area contributed by atoms with E-state index >= 15 is 0 Å². The van der Waals surface area contributed by atoms with Crippen molar-refractivity contribution in [2.75, 3.05) is 7.11 Å². The number of halogens is 1. The van der Waals surface area contributed by atoms with Crippen LogP contribution < -0.4 is 0 Å². The Morgan fingerprint density at radius 3 is 2.93 bits per heavy atom. The molecule has 0 aromatic heterocycles. The summed E-state index contributed by atoms with van der Waals surface area (Å²) in [5, 5.41) is 3.18. The van der Waals surface area contributed by atoms with Crippen molar-refractivity contribution in [1.29, 1.82) is 0 Å². The van der Waals surface area contributed by atoms with Gasteiger partial charge in [-0.3, -0.25) is 0 Å². The van der Waals surface area contributed by atoms with E-state index in [4.69, 9.17) is 5.53 Å². The zero-order chi connectivity index (χ0) is 10.6. The lowest BCUT2D eigenvalue weighted by Gasteiger charge is -2.02. The van der Waals surface area contributed by atoms with Crippen LogP contribution in [-0.4, -0.2) is 13.1 Å². The summed E-state index contributed by atoms with van der Waals surface area (Å²) in [6, 6.07) is 3.25. The number of carbonyl (C=O) groups excluding carboxylic acids is 1. The third kappa shape index (κ3) is 1.99. The lowest BCUT2D eigenvalue weighted by atomic mass is 10.2. The number of hydrogen-bond donors (Lipinski definition) is 0. The van der Waals surface area contributed by atoms with Gasteiger partial charge in [0.15, 0.2) is 0 Å². The topological polar surface area (TPSA) is 75.1 Å². The molecule has 72 valence electrons. The summed E-state index contributed by atoms with van der Waals surface area (Å²) in [6.07, 6.45) is 0. The molecule has 0 fully saturated rings. The highest BCUT2D eigenvalue weighted by molar-refractivity contribution is 5.94. The first-order valence-corrected chi connectivity index (χ1v) is 3.62. The van der Waals surface area contributed by atoms with E-state index in [1.165, 1.54) is 13.2 Å². The Kier molecular flexibility index (Phi) is 3.04. The molecule has 0 atom stereocenters. The van der Waals surface area contributed by atoms with Crippen molar-refractivity contribution in [3.8, 4) is 0 Å². The number of methoxy groups -OCH3 is 1. The predicted octanol–water partition coefficient (Wildman–Crippen LogP) is 2.55. The van der Waals surface area contributed by atoms with Crippen molar-refractivity contribution in [2.45, 2.75) is 0 Å². The second kappa shape index (κ2) is 4.25. The van der Waals surface area contributed by atoms with Gasteiger partial charge in [0.05, 0.1) is 18.4 Å². The van der Waals surface area contributed by atoms with Crippen LogP contribution in [0.15, 0.2) is 23.3 Å². The van der Waals surface area contributed by atoms with E-state index in [0.29, 0.717) is 0 Å². The second-order valence-corrected chi connectivity index (χ2v) is 2.34. The minimum atomic E-state index is -0.674. The van der Waals surface area contributed by atoms with E-state index in [9.17, 15) is 9.18 Å². The molecule has 0 heterocycles. The summed E-state index contributed by atoms with van der Waals surface area (Å²) < 4.78 is 17.1. The molecule has 0 aliphatic carbocycles. The molecule has 1 rings (SSSR count). The Labute approximate surface area is 78.7 Å². The quantitative estimate of drug-likeness (QED) is 0.314. The molecule has 0 aliphatic rings. The Bertz CT molecular complexity index is 413. The van der Waals surface area contributed by atoms with Crippen molar-refractivity contribution < 1.29 is 13.9 Å². The Balaban J connectivity index is 3.28. The van der Waals surface area contributed by atoms with Crippen molar-refractivity contribution in [3.05, 3.63) is 40.0 Å². The van der Waals surface area contributed by atoms with Gasteiger partial charge in [-0.1, -0.05) is 5.11 Å². The number of ether oxygens (including phenoxy) is 1. The number of carbonyl (C=O) groups is 1. The highest BCUT2D eigenvalue weighted by atomic mass is 19.1. The van der Waals surface area contributed by atoms with Crippen molar-refractivity contribution in [1.82, 2.24) is 0 Å². The Morgan fingerprint density at radius 2 is 2.36 bits per heavy atom. The van der Waals surface area contributed by atoms with Crippen LogP contribution in [0, 0.1) is 5.82 Å². The van der Waals surface area contributed by atoms with Crippen LogP contribution in [0.1, 0.15) is 10.4 Å². The van der Waals surface area contributed by atoms with Gasteiger partial charge in [0.25, 0.3) is 0 Å². The number of benzene rings is 1. The first kappa shape index (κ1) is 10.0. The van der Waals surface area contributed by atoms with Crippen LogP contribution in [0.3, 0.4) is 0 Å². The molecule has 0 aliphatic heterocycles. The fraction of sp³-hybridized carbons (Fsp3) is 0.125. The second-order valence-electron chi connectivity index (χ2n) is 2.34. The average molecular weight is 195 g/mol. The normalized spacial score (nSPS) is 9.00. The maximum Gasteiger partial charge on any atom is 0.338 e. The van der Waals surface area contributed by atoms with Gasteiger partial charge in [0.2, 0.25) is 0 Å². The summed E-state index contributed by atoms with van der Waals surface area (Å²) in [6.45, 7) is 0. The van der Waals surface area contributed by atoms with E-state index in [1.807, 2.05) is 0 Å². The lowest BCUT2D eigenvalue weighted by Crippen LogP contribution is -2.01. The average Bonchev–Trinajstić information content (AvgIpc) is 2.17. The first-order valence-electron chi connectivity index (χ1n) is 3.62. The van der Waals surface area contributed by atoms with Gasteiger partial charge in [-0.05, 0) is 23.7 Å². The molecule has 1 aromatic carbocycles. The van der Waals surface area contributed by atoms with Gasteiger partial charge < -0.3 is 4.74 Å². The van der Waals surface area contributed by atoms with Crippen LogP contribution in [0.5, 0.6) is 0 Å². The van der Waals surface area contributed by atoms with Gasteiger partial charge in [0.1, 0.15) is 5.82 Å². The third-order valence-corrected chi connectivity index (χ3v) is 1.52. The third-order valence-electron chi connectivity index (χ3n) is 1.52. The highest BCUT2D eigenvalue weighted by Gasteiger charge is 2.10. The monoisotopic (exact) mass is 195 g/mol. The molecule has 0 bridgehead atoms. The van der Waals surface area contributed by atoms with E-state index in [0.717, 1.165) is 12.1 Å². The minimum absolute atomic E-state index is 0.0340. The first-order chi connectivity index (χ1) is 6.69. The molecule has 0 N–H and O–H groups in total. The highest BCUT2D eigenvalue weighted by Crippen LogP contribution is 2.21. The standard InChI is InChI=1S/C8H6FN3O2/c1-14-8(13)6-3-2-5(9)4-7(6)11-12-10/h2-4H,1H3. The molecule has 0 unspecified atom stereocenters. The maximum absolute atomic E-state index is 12.7. The van der Waals surface area contributed by atoms with E-state index in [-0.39, 0.29) is 11.3 Å². The summed E-state index contributed by atoms with van der Waals surface area (Å²) in [4.78, 5) is 13.6. The van der Waals surface area contributed by atoms with Gasteiger partial charge >= 0.3 is 5.97 Å². The van der Waals surface area contributed by atoms with E-state index < -0.39 is 11.8 Å². The summed E-state index contributed by atoms with van der Waals surface area (Å²) >= 11 is 0. The van der Waals surface area contributed by atoms with Gasteiger partial charge in [0, 0.05) is 4.91 Å². The fourth-order valence-corrected chi connectivity index (χ4v) is 0.918. The lowest BCUT2D eigenvalue weighted by molar-refractivity contribution is 0.0601. The van der Waals surface area contributed by atoms with Crippen LogP contribution in [0.4, 0.5) is 10.1 Å². The van der Waals surface area contributed by atoms with E-state index in [2.05, 4.69) is 14.8 Å². The molecule has 0 amide bonds. The smallest absolute Gasteiger partial charge is 0.338 e. The molecule has 5 nitrogen and oxygen atoms in total. The van der Waals surface area contributed by atoms with Gasteiger partial charge in [-0.15, -0.1) is 0 Å². The Morgan fingerprint density at radius 1 is 1.64 bits per heavy atom. The fourth-order valence-electron chi connectivity index (χ4n) is 0.918. The SMILES string of the molecule is COC(=O)c1ccc(F)cc1N=[N+]=[N-]. The molecule has 0 saturated heterocycles. The molecule has 1 aromatic rings. The number of esters is 1. The zero-order valence-electron chi connectivity index (χ0n) is 7.27. The van der Waals surface area contributed by atoms with Crippen LogP contribution >= 0.6 is 0 Å². The van der Waals surface area contributed by atoms with Gasteiger partial charge in [-0.2, -0.15) is 0 Å². The van der Waals surface area contributed by atoms with Crippen LogP contribution in [-0.2, 0) is 4.74 Å². The molecular formula is C8H6FN3O2. The van der Waals surface area contributed by atoms with E-state index in [1.54, 1.807) is 0 Å². The molecule has 0 radical (unpaired) electrons. The number of hydrogen-bond acceptors (Lipinski definition) is 3. The largest absolute Gasteiger partial charge is 0.465 e. The molecular weight excluding hydrogens is 189 g/mol. The molecule has 0 spiro atoms. The number of nitrogens with zero attached hydrogens (tertiary/aromatic N) is 3. The van der Waals surface area contributed by atoms with Gasteiger partial charge in [-0.25, -0.2) is 9.18 Å². The maximum atomic E-state index is 12.7. The predicted molar refractivity (Wildman–Crippen MR) is 46.5 cm³/mol. The van der Waals surface area contributed by atoms with Crippen molar-refractivity contribution in [2.24, 2.45) is 5.11 Å². The molecule has 6 heteroatoms. The van der Waals surface area contributed by atoms with Crippen LogP contribution in [0.25, 0.3) is 10.4 Å². The minimum Gasteiger partial charge on any atom is -0.465 e.